The first-order chi connectivity index (χ1) is 12.5. The van der Waals surface area contributed by atoms with E-state index >= 15 is 0 Å². The molecule has 2 aliphatic rings. The lowest BCUT2D eigenvalue weighted by atomic mass is 10.1. The van der Waals surface area contributed by atoms with E-state index in [1.54, 1.807) is 4.90 Å². The van der Waals surface area contributed by atoms with Crippen LogP contribution in [0.5, 0.6) is 0 Å². The smallest absolute Gasteiger partial charge is 0.254 e. The number of halogens is 2. The molecule has 0 atom stereocenters. The van der Waals surface area contributed by atoms with Gasteiger partial charge in [0.1, 0.15) is 11.6 Å². The number of likely N-dealkylation sites (tertiary alicyclic amines) is 1. The molecule has 138 valence electrons. The second-order valence-corrected chi connectivity index (χ2v) is 7.15. The largest absolute Gasteiger partial charge is 0.328 e. The molecule has 0 aliphatic carbocycles. The molecule has 1 fully saturated rings. The molecule has 0 unspecified atom stereocenters. The summed E-state index contributed by atoms with van der Waals surface area (Å²) in [7, 11) is 1.88. The van der Waals surface area contributed by atoms with Gasteiger partial charge in [0.25, 0.3) is 5.91 Å². The van der Waals surface area contributed by atoms with Crippen LogP contribution in [-0.2, 0) is 26.7 Å². The van der Waals surface area contributed by atoms with Gasteiger partial charge in [0.05, 0.1) is 24.5 Å². The van der Waals surface area contributed by atoms with Gasteiger partial charge in [0.15, 0.2) is 0 Å². The van der Waals surface area contributed by atoms with Crippen LogP contribution < -0.4 is 0 Å². The predicted molar refractivity (Wildman–Crippen MR) is 92.3 cm³/mol. The Labute approximate surface area is 151 Å². The van der Waals surface area contributed by atoms with Crippen LogP contribution in [0, 0.1) is 11.6 Å². The topological polar surface area (TPSA) is 41.4 Å². The first-order valence-corrected chi connectivity index (χ1v) is 9.02. The van der Waals surface area contributed by atoms with E-state index in [4.69, 9.17) is 0 Å². The first-order valence-electron chi connectivity index (χ1n) is 9.02. The van der Waals surface area contributed by atoms with Crippen LogP contribution in [0.2, 0.25) is 0 Å². The minimum absolute atomic E-state index is 0.0424. The molecule has 2 aliphatic heterocycles. The van der Waals surface area contributed by atoms with Gasteiger partial charge in [-0.3, -0.25) is 14.4 Å². The van der Waals surface area contributed by atoms with Crippen molar-refractivity contribution in [2.24, 2.45) is 7.05 Å². The maximum Gasteiger partial charge on any atom is 0.254 e. The van der Waals surface area contributed by atoms with Crippen LogP contribution in [0.25, 0.3) is 0 Å². The summed E-state index contributed by atoms with van der Waals surface area (Å²) in [5, 5.41) is 4.64. The van der Waals surface area contributed by atoms with Crippen LogP contribution >= 0.6 is 0 Å². The third kappa shape index (κ3) is 3.23. The third-order valence-corrected chi connectivity index (χ3v) is 5.27. The summed E-state index contributed by atoms with van der Waals surface area (Å²) in [5.74, 6) is -1.83. The Morgan fingerprint density at radius 1 is 1.08 bits per heavy atom. The fraction of sp³-hybridized carbons (Fsp3) is 0.474. The minimum atomic E-state index is -0.738. The Bertz CT molecular complexity index is 822. The van der Waals surface area contributed by atoms with E-state index in [9.17, 15) is 13.6 Å². The standard InChI is InChI=1S/C19H22F2N4O/c1-23-18-12-25(19(26)13-7-14(20)9-15(21)8-13)10-16(18)17(22-23)11-24-5-3-2-4-6-24/h7-9H,2-6,10-12H2,1H3. The van der Waals surface area contributed by atoms with Gasteiger partial charge in [0, 0.05) is 30.8 Å². The molecule has 3 heterocycles. The summed E-state index contributed by atoms with van der Waals surface area (Å²) in [4.78, 5) is 16.7. The summed E-state index contributed by atoms with van der Waals surface area (Å²) in [6.45, 7) is 3.80. The van der Waals surface area contributed by atoms with Crippen LogP contribution in [0.3, 0.4) is 0 Å². The molecule has 0 bridgehead atoms. The third-order valence-electron chi connectivity index (χ3n) is 5.27. The molecule has 26 heavy (non-hydrogen) atoms. The van der Waals surface area contributed by atoms with Crippen molar-refractivity contribution in [1.82, 2.24) is 19.6 Å². The Hall–Kier alpha value is -2.28. The molecule has 0 N–H and O–H groups in total. The number of nitrogens with zero attached hydrogens (tertiary/aromatic N) is 4. The highest BCUT2D eigenvalue weighted by Gasteiger charge is 2.31. The minimum Gasteiger partial charge on any atom is -0.328 e. The van der Waals surface area contributed by atoms with Gasteiger partial charge in [-0.1, -0.05) is 6.42 Å². The number of hydrogen-bond donors (Lipinski definition) is 0. The van der Waals surface area contributed by atoms with Crippen molar-refractivity contribution in [3.63, 3.8) is 0 Å². The highest BCUT2D eigenvalue weighted by molar-refractivity contribution is 5.94. The van der Waals surface area contributed by atoms with Gasteiger partial charge < -0.3 is 4.90 Å². The van der Waals surface area contributed by atoms with Gasteiger partial charge in [-0.15, -0.1) is 0 Å². The molecule has 1 amide bonds. The van der Waals surface area contributed by atoms with E-state index in [0.29, 0.717) is 13.1 Å². The van der Waals surface area contributed by atoms with Crippen LogP contribution in [0.4, 0.5) is 8.78 Å². The zero-order valence-corrected chi connectivity index (χ0v) is 14.8. The number of fused-ring (bicyclic) bond motifs is 1. The Morgan fingerprint density at radius 2 is 1.77 bits per heavy atom. The monoisotopic (exact) mass is 360 g/mol. The predicted octanol–water partition coefficient (Wildman–Crippen LogP) is 2.84. The van der Waals surface area contributed by atoms with Gasteiger partial charge in [-0.05, 0) is 38.1 Å². The molecule has 2 aromatic rings. The molecule has 5 nitrogen and oxygen atoms in total. The van der Waals surface area contributed by atoms with Crippen molar-refractivity contribution in [3.05, 3.63) is 52.3 Å². The average Bonchev–Trinajstić information content (AvgIpc) is 3.16. The SMILES string of the molecule is Cn1nc(CN2CCCCC2)c2c1CN(C(=O)c1cc(F)cc(F)c1)C2. The molecule has 0 saturated carbocycles. The fourth-order valence-electron chi connectivity index (χ4n) is 3.93. The average molecular weight is 360 g/mol. The summed E-state index contributed by atoms with van der Waals surface area (Å²) in [6.07, 6.45) is 3.71. The van der Waals surface area contributed by atoms with E-state index in [0.717, 1.165) is 54.8 Å². The van der Waals surface area contributed by atoms with Gasteiger partial charge in [0.2, 0.25) is 0 Å². The van der Waals surface area contributed by atoms with E-state index in [2.05, 4.69) is 10.00 Å². The van der Waals surface area contributed by atoms with Crippen molar-refractivity contribution < 1.29 is 13.6 Å². The number of carbonyl (C=O) groups is 1. The first kappa shape index (κ1) is 17.1. The Balaban J connectivity index is 1.53. The lowest BCUT2D eigenvalue weighted by molar-refractivity contribution is 0.0746. The molecule has 4 rings (SSSR count). The highest BCUT2D eigenvalue weighted by atomic mass is 19.1. The van der Waals surface area contributed by atoms with Crippen LogP contribution in [-0.4, -0.2) is 38.6 Å². The summed E-state index contributed by atoms with van der Waals surface area (Å²) in [6, 6.07) is 2.94. The van der Waals surface area contributed by atoms with Gasteiger partial charge >= 0.3 is 0 Å². The molecule has 1 aromatic heterocycles. The van der Waals surface area contributed by atoms with E-state index in [1.165, 1.54) is 19.3 Å². The number of aromatic nitrogens is 2. The fourth-order valence-corrected chi connectivity index (χ4v) is 3.93. The van der Waals surface area contributed by atoms with E-state index < -0.39 is 11.6 Å². The summed E-state index contributed by atoms with van der Waals surface area (Å²) < 4.78 is 28.7. The molecular formula is C19H22F2N4O. The molecule has 7 heteroatoms. The molecular weight excluding hydrogens is 338 g/mol. The summed E-state index contributed by atoms with van der Waals surface area (Å²) >= 11 is 0. The van der Waals surface area contributed by atoms with Crippen molar-refractivity contribution in [1.29, 1.82) is 0 Å². The number of amides is 1. The number of aryl methyl sites for hydroxylation is 1. The maximum atomic E-state index is 13.4. The highest BCUT2D eigenvalue weighted by Crippen LogP contribution is 2.28. The summed E-state index contributed by atoms with van der Waals surface area (Å²) in [5.41, 5.74) is 3.12. The van der Waals surface area contributed by atoms with E-state index in [1.807, 2.05) is 11.7 Å². The second kappa shape index (κ2) is 6.79. The zero-order valence-electron chi connectivity index (χ0n) is 14.8. The second-order valence-electron chi connectivity index (χ2n) is 7.15. The van der Waals surface area contributed by atoms with E-state index in [-0.39, 0.29) is 11.5 Å². The van der Waals surface area contributed by atoms with Gasteiger partial charge in [-0.25, -0.2) is 8.78 Å². The number of piperidine rings is 1. The maximum absolute atomic E-state index is 13.4. The Kier molecular flexibility index (Phi) is 4.48. The molecule has 1 aromatic carbocycles. The van der Waals surface area contributed by atoms with Crippen molar-refractivity contribution in [3.8, 4) is 0 Å². The Morgan fingerprint density at radius 3 is 2.46 bits per heavy atom. The molecule has 0 spiro atoms. The van der Waals surface area contributed by atoms with Crippen molar-refractivity contribution in [2.75, 3.05) is 13.1 Å². The van der Waals surface area contributed by atoms with Crippen LogP contribution in [0.1, 0.15) is 46.6 Å². The van der Waals surface area contributed by atoms with Crippen molar-refractivity contribution in [2.45, 2.75) is 38.9 Å². The number of rotatable bonds is 3. The number of hydrogen-bond acceptors (Lipinski definition) is 3. The van der Waals surface area contributed by atoms with Gasteiger partial charge in [-0.2, -0.15) is 5.10 Å². The quantitative estimate of drug-likeness (QED) is 0.845. The molecule has 0 radical (unpaired) electrons. The number of carbonyl (C=O) groups excluding carboxylic acids is 1. The lowest BCUT2D eigenvalue weighted by Gasteiger charge is -2.26. The van der Waals surface area contributed by atoms with Crippen molar-refractivity contribution >= 4 is 5.91 Å². The zero-order chi connectivity index (χ0) is 18.3. The lowest BCUT2D eigenvalue weighted by Crippen LogP contribution is -2.30. The number of benzene rings is 1. The molecule has 1 saturated heterocycles. The van der Waals surface area contributed by atoms with Crippen LogP contribution in [0.15, 0.2) is 18.2 Å². The normalized spacial score (nSPS) is 17.6.